The van der Waals surface area contributed by atoms with Gasteiger partial charge in [-0.15, -0.1) is 0 Å². The number of amides is 2. The highest BCUT2D eigenvalue weighted by Gasteiger charge is 2.45. The van der Waals surface area contributed by atoms with Gasteiger partial charge in [0.1, 0.15) is 11.7 Å². The van der Waals surface area contributed by atoms with Crippen LogP contribution in [-0.2, 0) is 9.59 Å². The van der Waals surface area contributed by atoms with Crippen molar-refractivity contribution in [2.75, 3.05) is 11.9 Å². The van der Waals surface area contributed by atoms with Gasteiger partial charge in [0.25, 0.3) is 0 Å². The van der Waals surface area contributed by atoms with E-state index < -0.39 is 22.5 Å². The standard InChI is InChI=1S/C20H22N4O3S/c1-5-27-14-8-6-13(7-9-14)23-17(25)12(2)28-19-16(11-22)20(3,4)15(10-21)18(26)24-19/h6-9,12,15H,5H2,1-4H3,(H,23,25)(H,24,26)/t12-,15+/m0/s1. The van der Waals surface area contributed by atoms with E-state index >= 15 is 0 Å². The molecule has 1 aliphatic rings. The Balaban J connectivity index is 2.14. The van der Waals surface area contributed by atoms with Gasteiger partial charge in [-0.25, -0.2) is 0 Å². The number of carbonyl (C=O) groups excluding carboxylic acids is 2. The van der Waals surface area contributed by atoms with Crippen LogP contribution in [0.3, 0.4) is 0 Å². The number of rotatable bonds is 6. The maximum absolute atomic E-state index is 12.5. The third kappa shape index (κ3) is 4.47. The fraction of sp³-hybridized carbons (Fsp3) is 0.400. The Kier molecular flexibility index (Phi) is 6.71. The zero-order valence-corrected chi connectivity index (χ0v) is 17.0. The molecule has 2 rings (SSSR count). The van der Waals surface area contributed by atoms with Gasteiger partial charge in [-0.1, -0.05) is 25.6 Å². The SMILES string of the molecule is CCOc1ccc(NC(=O)[C@H](C)SC2=C(C#N)C(C)(C)[C@H](C#N)C(=O)N2)cc1. The summed E-state index contributed by atoms with van der Waals surface area (Å²) in [6.07, 6.45) is 0. The third-order valence-electron chi connectivity index (χ3n) is 4.43. The van der Waals surface area contributed by atoms with Crippen molar-refractivity contribution in [1.82, 2.24) is 5.32 Å². The van der Waals surface area contributed by atoms with Gasteiger partial charge in [-0.05, 0) is 38.1 Å². The van der Waals surface area contributed by atoms with Crippen LogP contribution in [0, 0.1) is 34.0 Å². The lowest BCUT2D eigenvalue weighted by molar-refractivity contribution is -0.125. The number of benzene rings is 1. The van der Waals surface area contributed by atoms with Gasteiger partial charge in [-0.3, -0.25) is 9.59 Å². The van der Waals surface area contributed by atoms with Crippen LogP contribution >= 0.6 is 11.8 Å². The summed E-state index contributed by atoms with van der Waals surface area (Å²) in [7, 11) is 0. The Bertz CT molecular complexity index is 878. The molecule has 7 nitrogen and oxygen atoms in total. The second-order valence-corrected chi connectivity index (χ2v) is 8.15. The fourth-order valence-corrected chi connectivity index (χ4v) is 3.90. The topological polar surface area (TPSA) is 115 Å². The Morgan fingerprint density at radius 3 is 2.54 bits per heavy atom. The van der Waals surface area contributed by atoms with E-state index in [1.165, 1.54) is 0 Å². The smallest absolute Gasteiger partial charge is 0.243 e. The molecular formula is C20H22N4O3S. The number of hydrogen-bond donors (Lipinski definition) is 2. The monoisotopic (exact) mass is 398 g/mol. The second kappa shape index (κ2) is 8.81. The van der Waals surface area contributed by atoms with Gasteiger partial charge in [0.15, 0.2) is 0 Å². The van der Waals surface area contributed by atoms with Crippen LogP contribution in [0.1, 0.15) is 27.7 Å². The Hall–Kier alpha value is -2.97. The molecule has 0 radical (unpaired) electrons. The summed E-state index contributed by atoms with van der Waals surface area (Å²) in [6, 6.07) is 11.0. The molecule has 1 aromatic carbocycles. The second-order valence-electron chi connectivity index (χ2n) is 6.80. The maximum Gasteiger partial charge on any atom is 0.243 e. The molecule has 0 aromatic heterocycles. The van der Waals surface area contributed by atoms with E-state index in [1.807, 2.05) is 13.0 Å². The van der Waals surface area contributed by atoms with E-state index in [4.69, 9.17) is 4.74 Å². The van der Waals surface area contributed by atoms with Crippen molar-refractivity contribution in [3.8, 4) is 17.9 Å². The van der Waals surface area contributed by atoms with Crippen molar-refractivity contribution in [3.05, 3.63) is 34.9 Å². The van der Waals surface area contributed by atoms with Gasteiger partial charge in [0.2, 0.25) is 11.8 Å². The average Bonchev–Trinajstić information content (AvgIpc) is 2.63. The summed E-state index contributed by atoms with van der Waals surface area (Å²) in [5.74, 6) is -0.980. The molecule has 0 fully saturated rings. The van der Waals surface area contributed by atoms with Gasteiger partial charge >= 0.3 is 0 Å². The summed E-state index contributed by atoms with van der Waals surface area (Å²) >= 11 is 1.09. The van der Waals surface area contributed by atoms with E-state index in [0.29, 0.717) is 28.6 Å². The molecule has 0 saturated heterocycles. The molecule has 1 aliphatic heterocycles. The minimum Gasteiger partial charge on any atom is -0.494 e. The lowest BCUT2D eigenvalue weighted by atomic mass is 9.72. The predicted octanol–water partition coefficient (Wildman–Crippen LogP) is 3.18. The van der Waals surface area contributed by atoms with Gasteiger partial charge in [-0.2, -0.15) is 10.5 Å². The molecule has 1 heterocycles. The van der Waals surface area contributed by atoms with Crippen LogP contribution in [0.25, 0.3) is 0 Å². The van der Waals surface area contributed by atoms with Crippen LogP contribution in [0.2, 0.25) is 0 Å². The molecule has 0 spiro atoms. The number of anilines is 1. The summed E-state index contributed by atoms with van der Waals surface area (Å²) in [5, 5.41) is 24.0. The first-order chi connectivity index (χ1) is 13.2. The van der Waals surface area contributed by atoms with Crippen molar-refractivity contribution in [1.29, 1.82) is 10.5 Å². The first-order valence-corrected chi connectivity index (χ1v) is 9.68. The highest BCUT2D eigenvalue weighted by Crippen LogP contribution is 2.42. The zero-order chi connectivity index (χ0) is 20.9. The molecule has 1 aromatic rings. The maximum atomic E-state index is 12.5. The minimum atomic E-state index is -0.959. The summed E-state index contributed by atoms with van der Waals surface area (Å²) in [6.45, 7) is 7.51. The number of allylic oxidation sites excluding steroid dienone is 1. The van der Waals surface area contributed by atoms with Crippen molar-refractivity contribution in [2.24, 2.45) is 11.3 Å². The number of nitrogens with zero attached hydrogens (tertiary/aromatic N) is 2. The molecule has 146 valence electrons. The van der Waals surface area contributed by atoms with Gasteiger partial charge in [0, 0.05) is 11.1 Å². The normalized spacial score (nSPS) is 19.1. The number of thioether (sulfide) groups is 1. The summed E-state index contributed by atoms with van der Waals surface area (Å²) in [4.78, 5) is 24.8. The zero-order valence-electron chi connectivity index (χ0n) is 16.2. The third-order valence-corrected chi connectivity index (χ3v) is 5.54. The molecule has 8 heteroatoms. The molecule has 0 unspecified atom stereocenters. The largest absolute Gasteiger partial charge is 0.494 e. The predicted molar refractivity (Wildman–Crippen MR) is 107 cm³/mol. The number of carbonyl (C=O) groups is 2. The molecule has 2 N–H and O–H groups in total. The molecule has 2 amide bonds. The number of nitrogens with one attached hydrogen (secondary N) is 2. The van der Waals surface area contributed by atoms with Crippen LogP contribution in [-0.4, -0.2) is 23.7 Å². The van der Waals surface area contributed by atoms with Crippen LogP contribution in [0.5, 0.6) is 5.75 Å². The van der Waals surface area contributed by atoms with Crippen molar-refractivity contribution < 1.29 is 14.3 Å². The molecule has 2 atom stereocenters. The van der Waals surface area contributed by atoms with Crippen LogP contribution < -0.4 is 15.4 Å². The van der Waals surface area contributed by atoms with E-state index in [9.17, 15) is 20.1 Å². The van der Waals surface area contributed by atoms with Crippen molar-refractivity contribution in [3.63, 3.8) is 0 Å². The molecule has 0 bridgehead atoms. The van der Waals surface area contributed by atoms with Crippen molar-refractivity contribution >= 4 is 29.3 Å². The molecule has 0 aliphatic carbocycles. The minimum absolute atomic E-state index is 0.270. The lowest BCUT2D eigenvalue weighted by Gasteiger charge is -2.35. The van der Waals surface area contributed by atoms with E-state index in [2.05, 4.69) is 16.7 Å². The van der Waals surface area contributed by atoms with Crippen molar-refractivity contribution in [2.45, 2.75) is 32.9 Å². The van der Waals surface area contributed by atoms with E-state index in [1.54, 1.807) is 45.0 Å². The Morgan fingerprint density at radius 1 is 1.36 bits per heavy atom. The van der Waals surface area contributed by atoms with Crippen LogP contribution in [0.4, 0.5) is 5.69 Å². The number of ether oxygens (including phenoxy) is 1. The van der Waals surface area contributed by atoms with Crippen LogP contribution in [0.15, 0.2) is 34.9 Å². The van der Waals surface area contributed by atoms with E-state index in [0.717, 1.165) is 11.8 Å². The molecule has 28 heavy (non-hydrogen) atoms. The average molecular weight is 398 g/mol. The lowest BCUT2D eigenvalue weighted by Crippen LogP contribution is -2.45. The highest BCUT2D eigenvalue weighted by molar-refractivity contribution is 8.04. The van der Waals surface area contributed by atoms with E-state index in [-0.39, 0.29) is 5.91 Å². The summed E-state index contributed by atoms with van der Waals surface area (Å²) < 4.78 is 5.37. The molecule has 0 saturated carbocycles. The highest BCUT2D eigenvalue weighted by atomic mass is 32.2. The molecular weight excluding hydrogens is 376 g/mol. The number of hydrogen-bond acceptors (Lipinski definition) is 6. The Morgan fingerprint density at radius 2 is 2.00 bits per heavy atom. The fourth-order valence-electron chi connectivity index (χ4n) is 2.79. The first kappa shape index (κ1) is 21.3. The van der Waals surface area contributed by atoms with Gasteiger partial charge < -0.3 is 15.4 Å². The number of nitriles is 2. The quantitative estimate of drug-likeness (QED) is 0.760. The Labute approximate surface area is 168 Å². The summed E-state index contributed by atoms with van der Waals surface area (Å²) in [5.41, 5.74) is -0.0169. The van der Waals surface area contributed by atoms with Gasteiger partial charge in [0.05, 0.1) is 34.6 Å². The first-order valence-electron chi connectivity index (χ1n) is 8.80.